The van der Waals surface area contributed by atoms with Crippen LogP contribution in [0.25, 0.3) is 0 Å². The third-order valence-electron chi connectivity index (χ3n) is 5.23. The van der Waals surface area contributed by atoms with Crippen LogP contribution in [0, 0.1) is 0 Å². The Bertz CT molecular complexity index is 998. The highest BCUT2D eigenvalue weighted by molar-refractivity contribution is 9.10. The third kappa shape index (κ3) is 2.99. The number of rotatable bonds is 3. The van der Waals surface area contributed by atoms with Gasteiger partial charge in [0, 0.05) is 16.5 Å². The van der Waals surface area contributed by atoms with E-state index in [2.05, 4.69) is 81.8 Å². The van der Waals surface area contributed by atoms with Crippen LogP contribution in [-0.2, 0) is 6.42 Å². The van der Waals surface area contributed by atoms with Gasteiger partial charge in [-0.1, -0.05) is 53.2 Å². The Kier molecular flexibility index (Phi) is 4.29. The Morgan fingerprint density at radius 1 is 1.19 bits per heavy atom. The van der Waals surface area contributed by atoms with E-state index in [1.165, 1.54) is 21.6 Å². The molecule has 2 unspecified atom stereocenters. The van der Waals surface area contributed by atoms with Gasteiger partial charge in [-0.3, -0.25) is 0 Å². The van der Waals surface area contributed by atoms with Gasteiger partial charge >= 0.3 is 0 Å². The van der Waals surface area contributed by atoms with Crippen LogP contribution >= 0.6 is 27.3 Å². The van der Waals surface area contributed by atoms with Crippen LogP contribution in [0.3, 0.4) is 0 Å². The summed E-state index contributed by atoms with van der Waals surface area (Å²) in [6.07, 6.45) is 1.77. The smallest absolute Gasteiger partial charge is 0.222 e. The summed E-state index contributed by atoms with van der Waals surface area (Å²) >= 11 is 5.32. The second-order valence-corrected chi connectivity index (χ2v) is 8.76. The van der Waals surface area contributed by atoms with Crippen molar-refractivity contribution in [1.29, 1.82) is 0 Å². The van der Waals surface area contributed by atoms with Crippen LogP contribution in [-0.4, -0.2) is 10.7 Å². The molecule has 3 heterocycles. The average molecular weight is 439 g/mol. The topological polar surface area (TPSA) is 24.8 Å². The number of hydrogen-bond acceptors (Lipinski definition) is 4. The SMILES string of the molecule is CCc1ccc(C2=NN3C(C2)c2cc(Br)ccc2OC3c2cccs2)cc1. The summed E-state index contributed by atoms with van der Waals surface area (Å²) in [6, 6.07) is 19.4. The zero-order valence-electron chi connectivity index (χ0n) is 14.9. The molecule has 0 amide bonds. The fraction of sp³-hybridized carbons (Fsp3) is 0.227. The Hall–Kier alpha value is -2.11. The van der Waals surface area contributed by atoms with Crippen molar-refractivity contribution in [1.82, 2.24) is 5.01 Å². The van der Waals surface area contributed by atoms with Crippen LogP contribution in [0.15, 0.2) is 69.6 Å². The molecule has 0 spiro atoms. The molecular formula is C22H19BrN2OS. The maximum Gasteiger partial charge on any atom is 0.222 e. The molecule has 0 saturated carbocycles. The van der Waals surface area contributed by atoms with E-state index in [-0.39, 0.29) is 12.3 Å². The highest BCUT2D eigenvalue weighted by Crippen LogP contribution is 2.48. The van der Waals surface area contributed by atoms with E-state index in [4.69, 9.17) is 9.84 Å². The molecule has 0 aliphatic carbocycles. The number of nitrogens with zero attached hydrogens (tertiary/aromatic N) is 2. The van der Waals surface area contributed by atoms with Crippen molar-refractivity contribution in [2.75, 3.05) is 0 Å². The highest BCUT2D eigenvalue weighted by atomic mass is 79.9. The summed E-state index contributed by atoms with van der Waals surface area (Å²) in [5, 5.41) is 9.25. The van der Waals surface area contributed by atoms with Gasteiger partial charge in [0.15, 0.2) is 0 Å². The summed E-state index contributed by atoms with van der Waals surface area (Å²) < 4.78 is 7.44. The number of fused-ring (bicyclic) bond motifs is 3. The minimum Gasteiger partial charge on any atom is -0.464 e. The van der Waals surface area contributed by atoms with E-state index in [0.717, 1.165) is 28.8 Å². The first-order valence-corrected chi connectivity index (χ1v) is 10.8. The van der Waals surface area contributed by atoms with Crippen molar-refractivity contribution in [2.24, 2.45) is 5.10 Å². The van der Waals surface area contributed by atoms with E-state index in [9.17, 15) is 0 Å². The van der Waals surface area contributed by atoms with Gasteiger partial charge < -0.3 is 4.74 Å². The largest absolute Gasteiger partial charge is 0.464 e. The standard InChI is InChI=1S/C22H19BrN2OS/c1-2-14-5-7-15(8-6-14)18-13-19-17-12-16(23)9-10-20(17)26-22(25(19)24-18)21-4-3-11-27-21/h3-12,19,22H,2,13H2,1H3. The summed E-state index contributed by atoms with van der Waals surface area (Å²) in [5.41, 5.74) is 4.87. The lowest BCUT2D eigenvalue weighted by atomic mass is 9.96. The maximum absolute atomic E-state index is 6.37. The predicted octanol–water partition coefficient (Wildman–Crippen LogP) is 6.32. The molecule has 0 saturated heterocycles. The fourth-order valence-corrected chi connectivity index (χ4v) is 4.91. The predicted molar refractivity (Wildman–Crippen MR) is 113 cm³/mol. The van der Waals surface area contributed by atoms with Crippen LogP contribution in [0.4, 0.5) is 0 Å². The monoisotopic (exact) mass is 438 g/mol. The van der Waals surface area contributed by atoms with E-state index in [1.54, 1.807) is 11.3 Å². The molecule has 2 atom stereocenters. The molecule has 5 heteroatoms. The number of halogens is 1. The Balaban J connectivity index is 1.57. The first-order valence-electron chi connectivity index (χ1n) is 9.17. The van der Waals surface area contributed by atoms with Gasteiger partial charge in [-0.2, -0.15) is 5.10 Å². The highest BCUT2D eigenvalue weighted by Gasteiger charge is 2.41. The number of hydrogen-bond donors (Lipinski definition) is 0. The van der Waals surface area contributed by atoms with Crippen LogP contribution in [0.2, 0.25) is 0 Å². The lowest BCUT2D eigenvalue weighted by Crippen LogP contribution is -2.33. The number of hydrazone groups is 1. The van der Waals surface area contributed by atoms with Gasteiger partial charge in [-0.15, -0.1) is 11.3 Å². The minimum atomic E-state index is -0.170. The van der Waals surface area contributed by atoms with E-state index >= 15 is 0 Å². The van der Waals surface area contributed by atoms with Crippen LogP contribution in [0.1, 0.15) is 47.2 Å². The fourth-order valence-electron chi connectivity index (χ4n) is 3.78. The minimum absolute atomic E-state index is 0.170. The lowest BCUT2D eigenvalue weighted by Gasteiger charge is -2.37. The molecule has 0 bridgehead atoms. The van der Waals surface area contributed by atoms with Gasteiger partial charge in [-0.25, -0.2) is 5.01 Å². The molecule has 2 aliphatic heterocycles. The average Bonchev–Trinajstić information content (AvgIpc) is 3.38. The van der Waals surface area contributed by atoms with E-state index < -0.39 is 0 Å². The molecule has 136 valence electrons. The van der Waals surface area contributed by atoms with Crippen molar-refractivity contribution in [3.63, 3.8) is 0 Å². The molecule has 0 fully saturated rings. The molecular weight excluding hydrogens is 420 g/mol. The Morgan fingerprint density at radius 2 is 2.04 bits per heavy atom. The van der Waals surface area contributed by atoms with Crippen molar-refractivity contribution < 1.29 is 4.74 Å². The second-order valence-electron chi connectivity index (χ2n) is 6.86. The molecule has 1 aromatic heterocycles. The van der Waals surface area contributed by atoms with Gasteiger partial charge in [0.05, 0.1) is 16.6 Å². The number of benzene rings is 2. The van der Waals surface area contributed by atoms with Crippen molar-refractivity contribution in [3.05, 3.63) is 86.0 Å². The number of thiophene rings is 1. The quantitative estimate of drug-likeness (QED) is 0.478. The van der Waals surface area contributed by atoms with Gasteiger partial charge in [-0.05, 0) is 47.2 Å². The molecule has 2 aromatic carbocycles. The molecule has 2 aliphatic rings. The van der Waals surface area contributed by atoms with Gasteiger partial charge in [0.1, 0.15) is 5.75 Å². The third-order valence-corrected chi connectivity index (χ3v) is 6.63. The van der Waals surface area contributed by atoms with Crippen LogP contribution in [0.5, 0.6) is 5.75 Å². The molecule has 27 heavy (non-hydrogen) atoms. The maximum atomic E-state index is 6.37. The molecule has 5 rings (SSSR count). The lowest BCUT2D eigenvalue weighted by molar-refractivity contribution is -0.0166. The molecule has 0 N–H and O–H groups in total. The van der Waals surface area contributed by atoms with Crippen LogP contribution < -0.4 is 4.74 Å². The van der Waals surface area contributed by atoms with Crippen molar-refractivity contribution in [2.45, 2.75) is 32.0 Å². The summed E-state index contributed by atoms with van der Waals surface area (Å²) in [7, 11) is 0. The molecule has 3 nitrogen and oxygen atoms in total. The normalized spacial score (nSPS) is 20.7. The number of ether oxygens (including phenoxy) is 1. The number of aryl methyl sites for hydroxylation is 1. The molecule has 3 aromatic rings. The second kappa shape index (κ2) is 6.80. The molecule has 0 radical (unpaired) electrons. The van der Waals surface area contributed by atoms with E-state index in [0.29, 0.717) is 0 Å². The van der Waals surface area contributed by atoms with Gasteiger partial charge in [0.2, 0.25) is 6.23 Å². The summed E-state index contributed by atoms with van der Waals surface area (Å²) in [4.78, 5) is 1.18. The van der Waals surface area contributed by atoms with Crippen molar-refractivity contribution in [3.8, 4) is 5.75 Å². The summed E-state index contributed by atoms with van der Waals surface area (Å²) in [5.74, 6) is 0.954. The Labute approximate surface area is 171 Å². The Morgan fingerprint density at radius 3 is 2.78 bits per heavy atom. The first kappa shape index (κ1) is 17.0. The zero-order valence-corrected chi connectivity index (χ0v) is 17.3. The first-order chi connectivity index (χ1) is 13.2. The van der Waals surface area contributed by atoms with Crippen molar-refractivity contribution >= 4 is 33.0 Å². The summed E-state index contributed by atoms with van der Waals surface area (Å²) in [6.45, 7) is 2.18. The van der Waals surface area contributed by atoms with Gasteiger partial charge in [0.25, 0.3) is 0 Å². The zero-order chi connectivity index (χ0) is 18.4. The van der Waals surface area contributed by atoms with E-state index in [1.807, 2.05) is 6.07 Å².